The molecule has 4 nitrogen and oxygen atoms in total. The molecule has 0 aliphatic carbocycles. The molecule has 0 aromatic heterocycles. The van der Waals surface area contributed by atoms with Crippen molar-refractivity contribution < 1.29 is 27.8 Å². The van der Waals surface area contributed by atoms with Gasteiger partial charge >= 0.3 is 6.18 Å². The van der Waals surface area contributed by atoms with E-state index in [9.17, 15) is 23.1 Å². The molecule has 1 aliphatic heterocycles. The zero-order chi connectivity index (χ0) is 19.6. The number of anilines is 1. The lowest BCUT2D eigenvalue weighted by Gasteiger charge is -2.20. The van der Waals surface area contributed by atoms with Gasteiger partial charge in [-0.05, 0) is 48.4 Å². The van der Waals surface area contributed by atoms with Crippen LogP contribution in [-0.4, -0.2) is 24.7 Å². The molecule has 1 aliphatic rings. The van der Waals surface area contributed by atoms with Gasteiger partial charge in [0.25, 0.3) is 0 Å². The van der Waals surface area contributed by atoms with E-state index in [1.165, 1.54) is 24.1 Å². The van der Waals surface area contributed by atoms with Gasteiger partial charge in [0.2, 0.25) is 5.91 Å². The lowest BCUT2D eigenvalue weighted by Crippen LogP contribution is -2.24. The number of nitrogens with zero attached hydrogens (tertiary/aromatic N) is 1. The quantitative estimate of drug-likeness (QED) is 0.808. The maximum absolute atomic E-state index is 13.6. The maximum Gasteiger partial charge on any atom is 0.417 e. The van der Waals surface area contributed by atoms with E-state index in [1.54, 1.807) is 18.2 Å². The number of halogens is 3. The fraction of sp³-hybridized carbons (Fsp3) is 0.316. The molecule has 1 N–H and O–H groups in total. The van der Waals surface area contributed by atoms with Crippen LogP contribution in [0.25, 0.3) is 0 Å². The van der Waals surface area contributed by atoms with Gasteiger partial charge in [0.1, 0.15) is 5.75 Å². The first kappa shape index (κ1) is 19.6. The highest BCUT2D eigenvalue weighted by Crippen LogP contribution is 2.43. The smallest absolute Gasteiger partial charge is 0.417 e. The second kappa shape index (κ2) is 7.82. The Morgan fingerprint density at radius 3 is 2.52 bits per heavy atom. The first-order valence-electron chi connectivity index (χ1n) is 8.30. The number of rotatable bonds is 5. The zero-order valence-corrected chi connectivity index (χ0v) is 15.4. The summed E-state index contributed by atoms with van der Waals surface area (Å²) in [5.41, 5.74) is -0.0676. The SMILES string of the molecule is COc1ccc(Sc2ccc(N3CCCC3=O)cc2C(F)(F)F)c(CO)c1. The summed E-state index contributed by atoms with van der Waals surface area (Å²) in [6, 6.07) is 8.77. The molecule has 1 heterocycles. The van der Waals surface area contributed by atoms with Crippen molar-refractivity contribution in [3.63, 3.8) is 0 Å². The number of aliphatic hydroxyl groups is 1. The fourth-order valence-corrected chi connectivity index (χ4v) is 3.99. The highest BCUT2D eigenvalue weighted by atomic mass is 32.2. The third-order valence-corrected chi connectivity index (χ3v) is 5.51. The van der Waals surface area contributed by atoms with Crippen LogP contribution < -0.4 is 9.64 Å². The molecule has 0 saturated carbocycles. The summed E-state index contributed by atoms with van der Waals surface area (Å²) in [5, 5.41) is 9.53. The van der Waals surface area contributed by atoms with Gasteiger partial charge in [0.15, 0.2) is 0 Å². The molecule has 0 unspecified atom stereocenters. The van der Waals surface area contributed by atoms with Crippen LogP contribution in [-0.2, 0) is 17.6 Å². The monoisotopic (exact) mass is 397 g/mol. The molecule has 27 heavy (non-hydrogen) atoms. The molecule has 8 heteroatoms. The highest BCUT2D eigenvalue weighted by molar-refractivity contribution is 7.99. The fourth-order valence-electron chi connectivity index (χ4n) is 2.94. The summed E-state index contributed by atoms with van der Waals surface area (Å²) in [4.78, 5) is 13.8. The number of carbonyl (C=O) groups excluding carboxylic acids is 1. The van der Waals surface area contributed by atoms with Crippen LogP contribution in [0.3, 0.4) is 0 Å². The van der Waals surface area contributed by atoms with Gasteiger partial charge in [0, 0.05) is 28.4 Å². The third kappa shape index (κ3) is 4.22. The van der Waals surface area contributed by atoms with Crippen molar-refractivity contribution in [2.75, 3.05) is 18.6 Å². The van der Waals surface area contributed by atoms with E-state index in [0.29, 0.717) is 35.6 Å². The van der Waals surface area contributed by atoms with Crippen molar-refractivity contribution in [1.29, 1.82) is 0 Å². The Kier molecular flexibility index (Phi) is 5.67. The normalized spacial score (nSPS) is 14.7. The van der Waals surface area contributed by atoms with Crippen molar-refractivity contribution in [3.8, 4) is 5.75 Å². The molecule has 1 amide bonds. The Labute approximate surface area is 158 Å². The Bertz CT molecular complexity index is 855. The molecule has 3 rings (SSSR count). The minimum atomic E-state index is -4.56. The number of hydrogen-bond donors (Lipinski definition) is 1. The average molecular weight is 397 g/mol. The van der Waals surface area contributed by atoms with E-state index < -0.39 is 11.7 Å². The second-order valence-corrected chi connectivity index (χ2v) is 7.14. The van der Waals surface area contributed by atoms with Crippen LogP contribution in [0.4, 0.5) is 18.9 Å². The molecule has 0 bridgehead atoms. The predicted molar refractivity (Wildman–Crippen MR) is 96.1 cm³/mol. The molecule has 0 spiro atoms. The van der Waals surface area contributed by atoms with Gasteiger partial charge in [-0.3, -0.25) is 4.79 Å². The van der Waals surface area contributed by atoms with E-state index in [0.717, 1.165) is 17.8 Å². The largest absolute Gasteiger partial charge is 0.497 e. The molecule has 2 aromatic rings. The summed E-state index contributed by atoms with van der Waals surface area (Å²) in [7, 11) is 1.48. The van der Waals surface area contributed by atoms with Crippen LogP contribution >= 0.6 is 11.8 Å². The van der Waals surface area contributed by atoms with Crippen molar-refractivity contribution in [3.05, 3.63) is 47.5 Å². The third-order valence-electron chi connectivity index (χ3n) is 4.31. The van der Waals surface area contributed by atoms with E-state index in [1.807, 2.05) is 0 Å². The van der Waals surface area contributed by atoms with E-state index in [4.69, 9.17) is 4.74 Å². The summed E-state index contributed by atoms with van der Waals surface area (Å²) >= 11 is 0.925. The Hall–Kier alpha value is -2.19. The molecule has 0 atom stereocenters. The predicted octanol–water partition coefficient (Wildman–Crippen LogP) is 4.48. The molecule has 1 fully saturated rings. The number of amides is 1. The number of alkyl halides is 3. The van der Waals surface area contributed by atoms with Gasteiger partial charge in [-0.1, -0.05) is 11.8 Å². The van der Waals surface area contributed by atoms with Crippen molar-refractivity contribution >= 4 is 23.4 Å². The zero-order valence-electron chi connectivity index (χ0n) is 14.5. The van der Waals surface area contributed by atoms with Crippen molar-refractivity contribution in [2.24, 2.45) is 0 Å². The summed E-state index contributed by atoms with van der Waals surface area (Å²) in [6.45, 7) is 0.108. The minimum absolute atomic E-state index is 0.0118. The molecule has 2 aromatic carbocycles. The van der Waals surface area contributed by atoms with E-state index in [2.05, 4.69) is 0 Å². The topological polar surface area (TPSA) is 49.8 Å². The Balaban J connectivity index is 1.99. The Morgan fingerprint density at radius 2 is 1.93 bits per heavy atom. The van der Waals surface area contributed by atoms with Crippen molar-refractivity contribution in [1.82, 2.24) is 0 Å². The first-order chi connectivity index (χ1) is 12.8. The standard InChI is InChI=1S/C19H18F3NO3S/c1-26-14-5-7-16(12(9-14)11-24)27-17-6-4-13(10-15(17)19(20,21)22)23-8-2-3-18(23)25/h4-7,9-10,24H,2-3,8,11H2,1H3. The van der Waals surface area contributed by atoms with Crippen LogP contribution in [0, 0.1) is 0 Å². The van der Waals surface area contributed by atoms with Gasteiger partial charge in [-0.25, -0.2) is 0 Å². The number of ether oxygens (including phenoxy) is 1. The molecular formula is C19H18F3NO3S. The summed E-state index contributed by atoms with van der Waals surface area (Å²) < 4.78 is 46.0. The lowest BCUT2D eigenvalue weighted by atomic mass is 10.2. The molecule has 1 saturated heterocycles. The molecule has 0 radical (unpaired) electrons. The van der Waals surface area contributed by atoms with Gasteiger partial charge in [-0.15, -0.1) is 0 Å². The maximum atomic E-state index is 13.6. The minimum Gasteiger partial charge on any atom is -0.497 e. The molecular weight excluding hydrogens is 379 g/mol. The second-order valence-electron chi connectivity index (χ2n) is 6.06. The van der Waals surface area contributed by atoms with Crippen LogP contribution in [0.2, 0.25) is 0 Å². The van der Waals surface area contributed by atoms with Crippen LogP contribution in [0.5, 0.6) is 5.75 Å². The first-order valence-corrected chi connectivity index (χ1v) is 9.12. The summed E-state index contributed by atoms with van der Waals surface area (Å²) in [5.74, 6) is 0.351. The lowest BCUT2D eigenvalue weighted by molar-refractivity contribution is -0.139. The number of carbonyl (C=O) groups is 1. The van der Waals surface area contributed by atoms with Crippen molar-refractivity contribution in [2.45, 2.75) is 35.4 Å². The Morgan fingerprint density at radius 1 is 1.19 bits per heavy atom. The van der Waals surface area contributed by atoms with Gasteiger partial charge < -0.3 is 14.7 Å². The summed E-state index contributed by atoms with van der Waals surface area (Å²) in [6.07, 6.45) is -3.57. The van der Waals surface area contributed by atoms with E-state index in [-0.39, 0.29) is 23.1 Å². The van der Waals surface area contributed by atoms with Gasteiger partial charge in [0.05, 0.1) is 19.3 Å². The van der Waals surface area contributed by atoms with Crippen LogP contribution in [0.1, 0.15) is 24.0 Å². The number of benzene rings is 2. The highest BCUT2D eigenvalue weighted by Gasteiger charge is 2.35. The number of hydrogen-bond acceptors (Lipinski definition) is 4. The number of aliphatic hydroxyl groups excluding tert-OH is 1. The van der Waals surface area contributed by atoms with Gasteiger partial charge in [-0.2, -0.15) is 13.2 Å². The van der Waals surface area contributed by atoms with Crippen LogP contribution in [0.15, 0.2) is 46.2 Å². The van der Waals surface area contributed by atoms with E-state index >= 15 is 0 Å². The average Bonchev–Trinajstić information content (AvgIpc) is 3.07. The number of methoxy groups -OCH3 is 1. The molecule has 144 valence electrons.